The Morgan fingerprint density at radius 2 is 2.00 bits per heavy atom. The van der Waals surface area contributed by atoms with Crippen LogP contribution in [0.3, 0.4) is 0 Å². The molecule has 2 N–H and O–H groups in total. The predicted molar refractivity (Wildman–Crippen MR) is 71.7 cm³/mol. The van der Waals surface area contributed by atoms with E-state index in [1.165, 1.54) is 13.0 Å². The molecule has 1 rings (SSSR count). The zero-order valence-corrected chi connectivity index (χ0v) is 11.8. The Hall–Kier alpha value is -1.89. The van der Waals surface area contributed by atoms with Crippen molar-refractivity contribution >= 4 is 23.5 Å². The van der Waals surface area contributed by atoms with Gasteiger partial charge in [-0.05, 0) is 19.1 Å². The highest BCUT2D eigenvalue weighted by molar-refractivity contribution is 6.32. The number of halogens is 3. The first-order valence-electron chi connectivity index (χ1n) is 6.03. The number of ether oxygens (including phenoxy) is 1. The number of nitrogens with one attached hydrogen (secondary N) is 1. The minimum atomic E-state index is -2.84. The summed E-state index contributed by atoms with van der Waals surface area (Å²) in [6, 6.07) is 4.72. The van der Waals surface area contributed by atoms with Gasteiger partial charge >= 0.3 is 5.97 Å². The van der Waals surface area contributed by atoms with Crippen LogP contribution in [0.5, 0.6) is 5.75 Å². The second-order valence-corrected chi connectivity index (χ2v) is 4.62. The molecule has 0 aliphatic heterocycles. The van der Waals surface area contributed by atoms with E-state index in [2.05, 4.69) is 0 Å². The van der Waals surface area contributed by atoms with Crippen LogP contribution in [0.2, 0.25) is 5.02 Å². The summed E-state index contributed by atoms with van der Waals surface area (Å²) in [5.41, 5.74) is 0. The molecule has 0 bridgehead atoms. The number of rotatable bonds is 7. The highest BCUT2D eigenvalue weighted by atomic mass is 35.5. The maximum absolute atomic E-state index is 12.2. The molecule has 0 radical (unpaired) electrons. The average molecular weight is 322 g/mol. The van der Waals surface area contributed by atoms with Crippen LogP contribution in [0.4, 0.5) is 8.78 Å². The van der Waals surface area contributed by atoms with Crippen molar-refractivity contribution in [3.8, 4) is 5.75 Å². The topological polar surface area (TPSA) is 75.6 Å². The third-order valence-electron chi connectivity index (χ3n) is 2.54. The number of amides is 1. The quantitative estimate of drug-likeness (QED) is 0.808. The van der Waals surface area contributed by atoms with E-state index >= 15 is 0 Å². The van der Waals surface area contributed by atoms with Crippen LogP contribution >= 0.6 is 11.6 Å². The van der Waals surface area contributed by atoms with Gasteiger partial charge in [0.2, 0.25) is 6.43 Å². The third kappa shape index (κ3) is 5.55. The lowest BCUT2D eigenvalue weighted by Gasteiger charge is -2.19. The van der Waals surface area contributed by atoms with Crippen molar-refractivity contribution in [1.29, 1.82) is 0 Å². The summed E-state index contributed by atoms with van der Waals surface area (Å²) >= 11 is 5.85. The molecule has 1 aromatic carbocycles. The fourth-order valence-corrected chi connectivity index (χ4v) is 1.65. The molecule has 5 nitrogen and oxygen atoms in total. The van der Waals surface area contributed by atoms with Gasteiger partial charge in [-0.3, -0.25) is 4.79 Å². The fraction of sp³-hybridized carbons (Fsp3) is 0.385. The van der Waals surface area contributed by atoms with E-state index in [0.29, 0.717) is 0 Å². The highest BCUT2D eigenvalue weighted by Crippen LogP contribution is 2.24. The molecular weight excluding hydrogens is 308 g/mol. The van der Waals surface area contributed by atoms with Gasteiger partial charge in [0.1, 0.15) is 11.8 Å². The first-order valence-corrected chi connectivity index (χ1v) is 6.41. The number of para-hydroxylation sites is 1. The van der Waals surface area contributed by atoms with Crippen molar-refractivity contribution in [2.75, 3.05) is 0 Å². The molecule has 0 fully saturated rings. The smallest absolute Gasteiger partial charge is 0.326 e. The van der Waals surface area contributed by atoms with Crippen molar-refractivity contribution in [1.82, 2.24) is 5.32 Å². The predicted octanol–water partition coefficient (Wildman–Crippen LogP) is 2.33. The van der Waals surface area contributed by atoms with Crippen LogP contribution in [0.15, 0.2) is 24.3 Å². The lowest BCUT2D eigenvalue weighted by Crippen LogP contribution is -2.47. The SMILES string of the molecule is CC(Oc1ccccc1Cl)C(=O)NC(CC(F)F)C(=O)O. The van der Waals surface area contributed by atoms with Crippen molar-refractivity contribution in [2.45, 2.75) is 31.9 Å². The molecule has 8 heteroatoms. The van der Waals surface area contributed by atoms with Gasteiger partial charge in [-0.2, -0.15) is 0 Å². The van der Waals surface area contributed by atoms with Crippen molar-refractivity contribution in [3.05, 3.63) is 29.3 Å². The lowest BCUT2D eigenvalue weighted by molar-refractivity contribution is -0.144. The van der Waals surface area contributed by atoms with Crippen LogP contribution in [-0.4, -0.2) is 35.6 Å². The Bertz CT molecular complexity index is 513. The molecule has 0 saturated carbocycles. The van der Waals surface area contributed by atoms with E-state index in [9.17, 15) is 18.4 Å². The van der Waals surface area contributed by atoms with E-state index < -0.39 is 36.9 Å². The number of carbonyl (C=O) groups is 2. The Labute approximate surface area is 124 Å². The van der Waals surface area contributed by atoms with E-state index in [1.54, 1.807) is 18.2 Å². The van der Waals surface area contributed by atoms with Gasteiger partial charge in [-0.25, -0.2) is 13.6 Å². The molecule has 0 spiro atoms. The molecular formula is C13H14ClF2NO4. The van der Waals surface area contributed by atoms with Crippen molar-refractivity contribution < 1.29 is 28.2 Å². The molecule has 0 saturated heterocycles. The second kappa shape index (κ2) is 7.78. The molecule has 2 atom stereocenters. The van der Waals surface area contributed by atoms with Crippen LogP contribution in [0.1, 0.15) is 13.3 Å². The van der Waals surface area contributed by atoms with E-state index in [-0.39, 0.29) is 10.8 Å². The fourth-order valence-electron chi connectivity index (χ4n) is 1.47. The summed E-state index contributed by atoms with van der Waals surface area (Å²) in [6.45, 7) is 1.36. The molecule has 0 aliphatic rings. The molecule has 1 aromatic rings. The van der Waals surface area contributed by atoms with Crippen LogP contribution in [0, 0.1) is 0 Å². The summed E-state index contributed by atoms with van der Waals surface area (Å²) in [5, 5.41) is 11.1. The summed E-state index contributed by atoms with van der Waals surface area (Å²) in [7, 11) is 0. The average Bonchev–Trinajstić information content (AvgIpc) is 2.39. The first kappa shape index (κ1) is 17.2. The largest absolute Gasteiger partial charge is 0.480 e. The molecule has 0 aromatic heterocycles. The Balaban J connectivity index is 2.65. The molecule has 2 unspecified atom stereocenters. The number of benzene rings is 1. The van der Waals surface area contributed by atoms with Gasteiger partial charge in [0.15, 0.2) is 6.10 Å². The van der Waals surface area contributed by atoms with Gasteiger partial charge in [-0.15, -0.1) is 0 Å². The van der Waals surface area contributed by atoms with E-state index in [1.807, 2.05) is 5.32 Å². The zero-order valence-electron chi connectivity index (χ0n) is 11.1. The molecule has 1 amide bonds. The maximum atomic E-state index is 12.2. The van der Waals surface area contributed by atoms with Gasteiger partial charge < -0.3 is 15.2 Å². The minimum absolute atomic E-state index is 0.238. The number of alkyl halides is 2. The molecule has 0 aliphatic carbocycles. The Morgan fingerprint density at radius 3 is 2.52 bits per heavy atom. The number of carboxylic acid groups (broad SMARTS) is 1. The number of carboxylic acids is 1. The van der Waals surface area contributed by atoms with E-state index in [4.69, 9.17) is 21.4 Å². The third-order valence-corrected chi connectivity index (χ3v) is 2.85. The van der Waals surface area contributed by atoms with Crippen molar-refractivity contribution in [2.24, 2.45) is 0 Å². The first-order chi connectivity index (χ1) is 9.81. The summed E-state index contributed by atoms with van der Waals surface area (Å²) < 4.78 is 29.7. The standard InChI is InChI=1S/C13H14ClF2NO4/c1-7(21-10-5-3-2-4-8(10)14)12(18)17-9(13(19)20)6-11(15)16/h2-5,7,9,11H,6H2,1H3,(H,17,18)(H,19,20). The number of aliphatic carboxylic acids is 1. The lowest BCUT2D eigenvalue weighted by atomic mass is 10.2. The number of hydrogen-bond acceptors (Lipinski definition) is 3. The van der Waals surface area contributed by atoms with Crippen LogP contribution in [-0.2, 0) is 9.59 Å². The Kier molecular flexibility index (Phi) is 6.36. The summed E-state index contributed by atoms with van der Waals surface area (Å²) in [6.07, 6.45) is -4.89. The van der Waals surface area contributed by atoms with Crippen molar-refractivity contribution in [3.63, 3.8) is 0 Å². The van der Waals surface area contributed by atoms with E-state index in [0.717, 1.165) is 0 Å². The maximum Gasteiger partial charge on any atom is 0.326 e. The van der Waals surface area contributed by atoms with Crippen LogP contribution < -0.4 is 10.1 Å². The van der Waals surface area contributed by atoms with Gasteiger partial charge in [0.05, 0.1) is 5.02 Å². The summed E-state index contributed by atoms with van der Waals surface area (Å²) in [4.78, 5) is 22.6. The number of hydrogen-bond donors (Lipinski definition) is 2. The van der Waals surface area contributed by atoms with Gasteiger partial charge in [-0.1, -0.05) is 23.7 Å². The van der Waals surface area contributed by atoms with Crippen LogP contribution in [0.25, 0.3) is 0 Å². The zero-order chi connectivity index (χ0) is 16.0. The minimum Gasteiger partial charge on any atom is -0.480 e. The second-order valence-electron chi connectivity index (χ2n) is 4.22. The Morgan fingerprint density at radius 1 is 1.38 bits per heavy atom. The molecule has 0 heterocycles. The monoisotopic (exact) mass is 321 g/mol. The van der Waals surface area contributed by atoms with Gasteiger partial charge in [0, 0.05) is 6.42 Å². The normalized spacial score (nSPS) is 13.6. The number of carbonyl (C=O) groups excluding carboxylic acids is 1. The summed E-state index contributed by atoms with van der Waals surface area (Å²) in [5.74, 6) is -2.11. The molecule has 116 valence electrons. The molecule has 21 heavy (non-hydrogen) atoms. The van der Waals surface area contributed by atoms with Gasteiger partial charge in [0.25, 0.3) is 5.91 Å². The highest BCUT2D eigenvalue weighted by Gasteiger charge is 2.27.